The van der Waals surface area contributed by atoms with Gasteiger partial charge in [-0.15, -0.1) is 0 Å². The molecule has 1 heterocycles. The average molecular weight is 307 g/mol. The molecule has 3 rings (SSSR count). The van der Waals surface area contributed by atoms with Gasteiger partial charge in [0.05, 0.1) is 0 Å². The molecule has 2 aromatic carbocycles. The van der Waals surface area contributed by atoms with E-state index in [2.05, 4.69) is 36.4 Å². The number of hydrogen-bond donors (Lipinski definition) is 0. The molecule has 3 heteroatoms. The number of nitrogens with zero attached hydrogens (tertiary/aromatic N) is 1. The molecular weight excluding hydrogens is 286 g/mol. The standard InChI is InChI=1S/C20H21NO2/c1-15(22)21-19(13-14-20(21)23)12-9-16-7-10-18(11-8-16)17-5-3-2-4-6-17/h2-8,10-11,19H,9,12-14H2,1H3/t19-/m1/s1. The van der Waals surface area contributed by atoms with E-state index in [9.17, 15) is 9.59 Å². The summed E-state index contributed by atoms with van der Waals surface area (Å²) in [7, 11) is 0. The van der Waals surface area contributed by atoms with E-state index in [0.717, 1.165) is 19.3 Å². The largest absolute Gasteiger partial charge is 0.280 e. The van der Waals surface area contributed by atoms with Crippen molar-refractivity contribution in [3.8, 4) is 11.1 Å². The van der Waals surface area contributed by atoms with Crippen LogP contribution in [0, 0.1) is 0 Å². The molecule has 1 aliphatic heterocycles. The van der Waals surface area contributed by atoms with Crippen LogP contribution in [0.3, 0.4) is 0 Å². The molecule has 1 aliphatic rings. The van der Waals surface area contributed by atoms with Crippen LogP contribution in [0.2, 0.25) is 0 Å². The molecule has 0 bridgehead atoms. The molecule has 0 N–H and O–H groups in total. The number of aryl methyl sites for hydroxylation is 1. The Morgan fingerprint density at radius 2 is 1.70 bits per heavy atom. The molecule has 2 amide bonds. The molecule has 0 saturated carbocycles. The zero-order chi connectivity index (χ0) is 16.2. The van der Waals surface area contributed by atoms with Crippen LogP contribution < -0.4 is 0 Å². The van der Waals surface area contributed by atoms with Gasteiger partial charge in [-0.3, -0.25) is 14.5 Å². The van der Waals surface area contributed by atoms with E-state index < -0.39 is 0 Å². The van der Waals surface area contributed by atoms with Crippen molar-refractivity contribution in [2.24, 2.45) is 0 Å². The van der Waals surface area contributed by atoms with Crippen LogP contribution in [0.15, 0.2) is 54.6 Å². The Morgan fingerprint density at radius 3 is 2.35 bits per heavy atom. The highest BCUT2D eigenvalue weighted by Gasteiger charge is 2.33. The first-order chi connectivity index (χ1) is 11.1. The van der Waals surface area contributed by atoms with E-state index in [1.54, 1.807) is 0 Å². The number of likely N-dealkylation sites (tertiary alicyclic amines) is 1. The van der Waals surface area contributed by atoms with Crippen molar-refractivity contribution in [2.45, 2.75) is 38.6 Å². The fourth-order valence-corrected chi connectivity index (χ4v) is 3.28. The zero-order valence-electron chi connectivity index (χ0n) is 13.4. The van der Waals surface area contributed by atoms with E-state index in [4.69, 9.17) is 0 Å². The summed E-state index contributed by atoms with van der Waals surface area (Å²) >= 11 is 0. The predicted molar refractivity (Wildman–Crippen MR) is 90.7 cm³/mol. The van der Waals surface area contributed by atoms with Crippen LogP contribution in [0.1, 0.15) is 31.7 Å². The highest BCUT2D eigenvalue weighted by atomic mass is 16.2. The molecular formula is C20H21NO2. The van der Waals surface area contributed by atoms with Crippen molar-refractivity contribution < 1.29 is 9.59 Å². The quantitative estimate of drug-likeness (QED) is 0.861. The van der Waals surface area contributed by atoms with E-state index in [-0.39, 0.29) is 17.9 Å². The fourth-order valence-electron chi connectivity index (χ4n) is 3.28. The molecule has 0 aliphatic carbocycles. The van der Waals surface area contributed by atoms with E-state index >= 15 is 0 Å². The summed E-state index contributed by atoms with van der Waals surface area (Å²) in [6.07, 6.45) is 3.02. The molecule has 1 atom stereocenters. The van der Waals surface area contributed by atoms with Crippen LogP contribution in [0.5, 0.6) is 0 Å². The summed E-state index contributed by atoms with van der Waals surface area (Å²) in [5.41, 5.74) is 3.66. The summed E-state index contributed by atoms with van der Waals surface area (Å²) in [5, 5.41) is 0. The second kappa shape index (κ2) is 6.78. The summed E-state index contributed by atoms with van der Waals surface area (Å²) in [5.74, 6) is -0.154. The van der Waals surface area contributed by atoms with Gasteiger partial charge in [-0.2, -0.15) is 0 Å². The lowest BCUT2D eigenvalue weighted by Gasteiger charge is -2.21. The number of imide groups is 1. The van der Waals surface area contributed by atoms with E-state index in [0.29, 0.717) is 6.42 Å². The minimum Gasteiger partial charge on any atom is -0.280 e. The van der Waals surface area contributed by atoms with Crippen molar-refractivity contribution in [1.82, 2.24) is 4.90 Å². The fraction of sp³-hybridized carbons (Fsp3) is 0.300. The number of rotatable bonds is 4. The first kappa shape index (κ1) is 15.5. The Labute approximate surface area is 136 Å². The smallest absolute Gasteiger partial charge is 0.229 e. The second-order valence-electron chi connectivity index (χ2n) is 6.08. The summed E-state index contributed by atoms with van der Waals surface area (Å²) in [6, 6.07) is 18.9. The lowest BCUT2D eigenvalue weighted by molar-refractivity contribution is -0.142. The molecule has 3 nitrogen and oxygen atoms in total. The second-order valence-corrected chi connectivity index (χ2v) is 6.08. The average Bonchev–Trinajstić information content (AvgIpc) is 2.95. The number of carbonyl (C=O) groups is 2. The topological polar surface area (TPSA) is 37.4 Å². The van der Waals surface area contributed by atoms with Gasteiger partial charge in [-0.05, 0) is 36.0 Å². The third-order valence-electron chi connectivity index (χ3n) is 4.49. The van der Waals surface area contributed by atoms with Crippen molar-refractivity contribution in [3.63, 3.8) is 0 Å². The van der Waals surface area contributed by atoms with Gasteiger partial charge >= 0.3 is 0 Å². The summed E-state index contributed by atoms with van der Waals surface area (Å²) < 4.78 is 0. The molecule has 0 radical (unpaired) electrons. The minimum absolute atomic E-state index is 0.0260. The minimum atomic E-state index is -0.128. The van der Waals surface area contributed by atoms with E-state index in [1.165, 1.54) is 28.5 Å². The highest BCUT2D eigenvalue weighted by Crippen LogP contribution is 2.24. The molecule has 1 saturated heterocycles. The maximum atomic E-state index is 11.7. The van der Waals surface area contributed by atoms with Crippen LogP contribution >= 0.6 is 0 Å². The molecule has 0 unspecified atom stereocenters. The Kier molecular flexibility index (Phi) is 4.56. The molecule has 0 aromatic heterocycles. The van der Waals surface area contributed by atoms with Crippen molar-refractivity contribution in [2.75, 3.05) is 0 Å². The van der Waals surface area contributed by atoms with Crippen LogP contribution in [-0.2, 0) is 16.0 Å². The Balaban J connectivity index is 1.63. The monoisotopic (exact) mass is 307 g/mol. The lowest BCUT2D eigenvalue weighted by Crippen LogP contribution is -2.37. The van der Waals surface area contributed by atoms with Crippen LogP contribution in [-0.4, -0.2) is 22.8 Å². The van der Waals surface area contributed by atoms with Gasteiger partial charge in [0.25, 0.3) is 0 Å². The van der Waals surface area contributed by atoms with E-state index in [1.807, 2.05) is 18.2 Å². The zero-order valence-corrected chi connectivity index (χ0v) is 13.4. The third kappa shape index (κ3) is 3.50. The van der Waals surface area contributed by atoms with Gasteiger partial charge in [-0.25, -0.2) is 0 Å². The maximum Gasteiger partial charge on any atom is 0.229 e. The summed E-state index contributed by atoms with van der Waals surface area (Å²) in [6.45, 7) is 1.48. The van der Waals surface area contributed by atoms with Gasteiger partial charge in [0.1, 0.15) is 0 Å². The molecule has 118 valence electrons. The predicted octanol–water partition coefficient (Wildman–Crippen LogP) is 3.82. The van der Waals surface area contributed by atoms with Crippen LogP contribution in [0.4, 0.5) is 0 Å². The van der Waals surface area contributed by atoms with Gasteiger partial charge in [0, 0.05) is 19.4 Å². The van der Waals surface area contributed by atoms with Gasteiger partial charge in [0.15, 0.2) is 0 Å². The first-order valence-electron chi connectivity index (χ1n) is 8.12. The molecule has 2 aromatic rings. The summed E-state index contributed by atoms with van der Waals surface area (Å²) in [4.78, 5) is 24.8. The third-order valence-corrected chi connectivity index (χ3v) is 4.49. The van der Waals surface area contributed by atoms with Crippen molar-refractivity contribution in [1.29, 1.82) is 0 Å². The number of carbonyl (C=O) groups excluding carboxylic acids is 2. The van der Waals surface area contributed by atoms with Crippen molar-refractivity contribution >= 4 is 11.8 Å². The number of hydrogen-bond acceptors (Lipinski definition) is 2. The molecule has 0 spiro atoms. The van der Waals surface area contributed by atoms with Gasteiger partial charge in [0.2, 0.25) is 11.8 Å². The van der Waals surface area contributed by atoms with Crippen molar-refractivity contribution in [3.05, 3.63) is 60.2 Å². The normalized spacial score (nSPS) is 17.5. The molecule has 1 fully saturated rings. The maximum absolute atomic E-state index is 11.7. The first-order valence-corrected chi connectivity index (χ1v) is 8.12. The Bertz CT molecular complexity index is 691. The Morgan fingerprint density at radius 1 is 1.04 bits per heavy atom. The number of benzene rings is 2. The van der Waals surface area contributed by atoms with Gasteiger partial charge < -0.3 is 0 Å². The Hall–Kier alpha value is -2.42. The number of amides is 2. The molecule has 23 heavy (non-hydrogen) atoms. The highest BCUT2D eigenvalue weighted by molar-refractivity contribution is 5.96. The SMILES string of the molecule is CC(=O)N1C(=O)CC[C@H]1CCc1ccc(-c2ccccc2)cc1. The van der Waals surface area contributed by atoms with Gasteiger partial charge in [-0.1, -0.05) is 54.6 Å². The lowest BCUT2D eigenvalue weighted by atomic mass is 10.00. The van der Waals surface area contributed by atoms with Crippen LogP contribution in [0.25, 0.3) is 11.1 Å².